The van der Waals surface area contributed by atoms with Crippen LogP contribution in [0.5, 0.6) is 0 Å². The molecular weight excluding hydrogens is 746 g/mol. The molecule has 0 rings (SSSR count). The van der Waals surface area contributed by atoms with E-state index < -0.39 is 11.9 Å². The summed E-state index contributed by atoms with van der Waals surface area (Å²) in [6.07, 6.45) is 39.7. The number of carboxylic acids is 2. The van der Waals surface area contributed by atoms with Gasteiger partial charge in [-0.1, -0.05) is 194 Å². The van der Waals surface area contributed by atoms with Gasteiger partial charge in [0.1, 0.15) is 0 Å². The summed E-state index contributed by atoms with van der Waals surface area (Å²) in [5.41, 5.74) is 0. The minimum absolute atomic E-state index is 0. The molecule has 0 aliphatic rings. The number of carbonyl (C=O) groups excluding carboxylic acids is 2. The first-order valence-corrected chi connectivity index (χ1v) is 17.9. The first-order chi connectivity index (χ1) is 19.5. The van der Waals surface area contributed by atoms with Crippen LogP contribution in [0, 0.1) is 0 Å². The number of aliphatic carboxylic acids is 2. The molecule has 4 nitrogen and oxygen atoms in total. The van der Waals surface area contributed by atoms with E-state index in [9.17, 15) is 19.8 Å². The van der Waals surface area contributed by atoms with Crippen molar-refractivity contribution in [3.8, 4) is 0 Å². The van der Waals surface area contributed by atoms with Gasteiger partial charge in [0.25, 0.3) is 0 Å². The molecule has 240 valence electrons. The average Bonchev–Trinajstić information content (AvgIpc) is 2.93. The Kier molecular flexibility index (Phi) is 56.1. The second-order valence-corrected chi connectivity index (χ2v) is 12.1. The molecule has 0 unspecified atom stereocenters. The average molecular weight is 817 g/mol. The largest absolute Gasteiger partial charge is 2.00 e. The zero-order chi connectivity index (χ0) is 29.8. The van der Waals surface area contributed by atoms with Crippen molar-refractivity contribution in [2.24, 2.45) is 0 Å². The van der Waals surface area contributed by atoms with Gasteiger partial charge in [-0.05, 0) is 25.7 Å². The van der Waals surface area contributed by atoms with Crippen molar-refractivity contribution in [2.75, 3.05) is 0 Å². The number of hydrogen-bond acceptors (Lipinski definition) is 4. The third-order valence-electron chi connectivity index (χ3n) is 7.97. The van der Waals surface area contributed by atoms with E-state index in [1.54, 1.807) is 0 Å². The quantitative estimate of drug-likeness (QED) is 0.0501. The predicted octanol–water partition coefficient (Wildman–Crippen LogP) is 9.61. The Bertz CT molecular complexity index is 461. The molecule has 0 heterocycles. The number of carboxylic acid groups (broad SMARTS) is 2. The predicted molar refractivity (Wildman–Crippen MR) is 175 cm³/mol. The van der Waals surface area contributed by atoms with Gasteiger partial charge >= 0.3 is 76.2 Å². The molecule has 6 heteroatoms. The van der Waals surface area contributed by atoms with Crippen LogP contribution in [0.3, 0.4) is 0 Å². The number of rotatable bonds is 32. The molecule has 0 aliphatic carbocycles. The van der Waals surface area contributed by atoms with Gasteiger partial charge in [0.2, 0.25) is 0 Å². The van der Waals surface area contributed by atoms with E-state index >= 15 is 0 Å². The molecule has 0 bridgehead atoms. The van der Waals surface area contributed by atoms with Crippen LogP contribution in [-0.4, -0.2) is 60.8 Å². The minimum atomic E-state index is -0.903. The van der Waals surface area contributed by atoms with Crippen LogP contribution in [0.25, 0.3) is 0 Å². The minimum Gasteiger partial charge on any atom is -0.550 e. The zero-order valence-corrected chi connectivity index (χ0v) is 37.2. The molecule has 0 aromatic heterocycles. The molecule has 0 radical (unpaired) electrons. The Morgan fingerprint density at radius 1 is 0.333 bits per heavy atom. The summed E-state index contributed by atoms with van der Waals surface area (Å²) in [5.74, 6) is -1.81. The second kappa shape index (κ2) is 46.8. The summed E-state index contributed by atoms with van der Waals surface area (Å²) in [7, 11) is 0. The van der Waals surface area contributed by atoms with Gasteiger partial charge in [0.15, 0.2) is 0 Å². The summed E-state index contributed by atoms with van der Waals surface area (Å²) in [5, 5.41) is 20.4. The van der Waals surface area contributed by atoms with Gasteiger partial charge in [0, 0.05) is 11.9 Å². The molecular formula is C36H70BaCdO4+2. The number of carbonyl (C=O) groups is 2. The maximum atomic E-state index is 10.2. The normalized spacial score (nSPS) is 10.3. The van der Waals surface area contributed by atoms with Crippen LogP contribution < -0.4 is 10.2 Å². The first-order valence-electron chi connectivity index (χ1n) is 17.9. The molecule has 0 N–H and O–H groups in total. The van der Waals surface area contributed by atoms with Crippen LogP contribution in [-0.2, 0) is 36.9 Å². The van der Waals surface area contributed by atoms with Crippen LogP contribution >= 0.6 is 0 Å². The van der Waals surface area contributed by atoms with E-state index in [0.29, 0.717) is 0 Å². The van der Waals surface area contributed by atoms with Gasteiger partial charge in [-0.25, -0.2) is 0 Å². The van der Waals surface area contributed by atoms with E-state index in [0.717, 1.165) is 25.7 Å². The summed E-state index contributed by atoms with van der Waals surface area (Å²) in [6, 6.07) is 0. The van der Waals surface area contributed by atoms with Crippen molar-refractivity contribution in [3.05, 3.63) is 0 Å². The van der Waals surface area contributed by atoms with Crippen molar-refractivity contribution >= 4 is 60.8 Å². The molecule has 0 spiro atoms. The van der Waals surface area contributed by atoms with Gasteiger partial charge in [0.05, 0.1) is 0 Å². The van der Waals surface area contributed by atoms with Gasteiger partial charge in [-0.15, -0.1) is 0 Å². The van der Waals surface area contributed by atoms with Crippen molar-refractivity contribution in [1.29, 1.82) is 0 Å². The summed E-state index contributed by atoms with van der Waals surface area (Å²) >= 11 is 0. The van der Waals surface area contributed by atoms with Gasteiger partial charge in [-0.2, -0.15) is 0 Å². The van der Waals surface area contributed by atoms with E-state index in [1.165, 1.54) is 167 Å². The molecule has 0 atom stereocenters. The fourth-order valence-corrected chi connectivity index (χ4v) is 5.28. The van der Waals surface area contributed by atoms with Crippen molar-refractivity contribution in [1.82, 2.24) is 0 Å². The topological polar surface area (TPSA) is 80.3 Å². The standard InChI is InChI=1S/2C18H36O2.Ba.Cd/c2*1-2-3-4-5-6-7-8-9-10-11-12-13-14-15-16-17-18(19)20;;/h2*2-17H2,1H3,(H,19,20);;/q;;2*+2/p-2. The van der Waals surface area contributed by atoms with Gasteiger partial charge in [-0.3, -0.25) is 0 Å². The maximum Gasteiger partial charge on any atom is 2.00 e. The number of hydrogen-bond donors (Lipinski definition) is 0. The summed E-state index contributed by atoms with van der Waals surface area (Å²) in [4.78, 5) is 20.4. The molecule has 0 aromatic carbocycles. The Labute approximate surface area is 323 Å². The first kappa shape index (κ1) is 50.3. The Hall–Kier alpha value is 1.43. The van der Waals surface area contributed by atoms with E-state index in [2.05, 4.69) is 13.8 Å². The van der Waals surface area contributed by atoms with Crippen LogP contribution in [0.2, 0.25) is 0 Å². The van der Waals surface area contributed by atoms with Crippen LogP contribution in [0.1, 0.15) is 219 Å². The van der Waals surface area contributed by atoms with Crippen molar-refractivity contribution in [2.45, 2.75) is 219 Å². The van der Waals surface area contributed by atoms with Crippen molar-refractivity contribution in [3.63, 3.8) is 0 Å². The Balaban J connectivity index is -0.000000328. The third kappa shape index (κ3) is 54.0. The molecule has 0 aromatic rings. The van der Waals surface area contributed by atoms with Crippen molar-refractivity contribution < 1.29 is 47.1 Å². The Morgan fingerprint density at radius 3 is 0.619 bits per heavy atom. The summed E-state index contributed by atoms with van der Waals surface area (Å²) < 4.78 is 0. The molecule has 0 saturated heterocycles. The second-order valence-electron chi connectivity index (χ2n) is 12.1. The smallest absolute Gasteiger partial charge is 0.550 e. The van der Waals surface area contributed by atoms with E-state index in [4.69, 9.17) is 0 Å². The zero-order valence-electron chi connectivity index (χ0n) is 28.7. The molecule has 0 saturated carbocycles. The number of unbranched alkanes of at least 4 members (excludes halogenated alkanes) is 28. The van der Waals surface area contributed by atoms with Crippen LogP contribution in [0.4, 0.5) is 0 Å². The van der Waals surface area contributed by atoms with Gasteiger partial charge < -0.3 is 19.8 Å². The third-order valence-corrected chi connectivity index (χ3v) is 7.97. The monoisotopic (exact) mass is 818 g/mol. The molecule has 42 heavy (non-hydrogen) atoms. The molecule has 0 fully saturated rings. The SMILES string of the molecule is CCCCCCCCCCCCCCCCCC(=O)[O-].CCCCCCCCCCCCCCCCCC(=O)[O-].[Ba+2].[Cd+2]. The van der Waals surface area contributed by atoms with Crippen LogP contribution in [0.15, 0.2) is 0 Å². The van der Waals surface area contributed by atoms with E-state index in [1.807, 2.05) is 0 Å². The molecule has 0 aliphatic heterocycles. The Morgan fingerprint density at radius 2 is 0.476 bits per heavy atom. The maximum absolute atomic E-state index is 10.2. The fourth-order valence-electron chi connectivity index (χ4n) is 5.28. The fraction of sp³-hybridized carbons (Fsp3) is 0.944. The summed E-state index contributed by atoms with van der Waals surface area (Å²) in [6.45, 7) is 4.53. The van der Waals surface area contributed by atoms with E-state index in [-0.39, 0.29) is 89.0 Å². The molecule has 0 amide bonds.